The molecule has 1 aliphatic rings. The number of esters is 1. The van der Waals surface area contributed by atoms with Gasteiger partial charge in [0.15, 0.2) is 0 Å². The lowest BCUT2D eigenvalue weighted by molar-refractivity contribution is -0.149. The molecule has 1 heterocycles. The molecular formula is C25H48NO6S-. The minimum atomic E-state index is -4.46. The summed E-state index contributed by atoms with van der Waals surface area (Å²) in [7, 11) is -4.46. The van der Waals surface area contributed by atoms with Crippen molar-refractivity contribution in [1.29, 1.82) is 0 Å². The molecule has 1 fully saturated rings. The van der Waals surface area contributed by atoms with Crippen LogP contribution in [-0.4, -0.2) is 68.5 Å². The average Bonchev–Trinajstić information content (AvgIpc) is 2.76. The Balaban J connectivity index is 2.01. The number of ether oxygens (including phenoxy) is 2. The van der Waals surface area contributed by atoms with Crippen LogP contribution in [0.3, 0.4) is 0 Å². The van der Waals surface area contributed by atoms with E-state index in [1.807, 2.05) is 4.90 Å². The summed E-state index contributed by atoms with van der Waals surface area (Å²) in [6, 6.07) is 0. The molecule has 0 N–H and O–H groups in total. The lowest BCUT2D eigenvalue weighted by atomic mass is 10.0. The van der Waals surface area contributed by atoms with E-state index in [4.69, 9.17) is 9.47 Å². The van der Waals surface area contributed by atoms with Gasteiger partial charge in [0.1, 0.15) is 6.10 Å². The second-order valence-corrected chi connectivity index (χ2v) is 10.9. The largest absolute Gasteiger partial charge is 0.748 e. The Morgan fingerprint density at radius 3 is 1.76 bits per heavy atom. The quantitative estimate of drug-likeness (QED) is 0.126. The van der Waals surface area contributed by atoms with Gasteiger partial charge in [0.25, 0.3) is 0 Å². The molecule has 1 saturated heterocycles. The van der Waals surface area contributed by atoms with Gasteiger partial charge < -0.3 is 14.0 Å². The minimum absolute atomic E-state index is 0.259. The van der Waals surface area contributed by atoms with Gasteiger partial charge in [-0.25, -0.2) is 8.42 Å². The molecule has 0 aliphatic carbocycles. The van der Waals surface area contributed by atoms with E-state index < -0.39 is 27.9 Å². The zero-order valence-electron chi connectivity index (χ0n) is 20.9. The second-order valence-electron chi connectivity index (χ2n) is 9.45. The minimum Gasteiger partial charge on any atom is -0.748 e. The Hall–Kier alpha value is -0.700. The van der Waals surface area contributed by atoms with E-state index in [1.54, 1.807) is 0 Å². The second kappa shape index (κ2) is 19.6. The van der Waals surface area contributed by atoms with Crippen LogP contribution in [0.1, 0.15) is 110 Å². The van der Waals surface area contributed by atoms with E-state index in [0.29, 0.717) is 26.3 Å². The van der Waals surface area contributed by atoms with Crippen molar-refractivity contribution < 1.29 is 27.2 Å². The number of carbonyl (C=O) groups is 1. The predicted octanol–water partition coefficient (Wildman–Crippen LogP) is 5.04. The molecule has 0 aromatic heterocycles. The third-order valence-electron chi connectivity index (χ3n) is 6.24. The summed E-state index contributed by atoms with van der Waals surface area (Å²) in [5.41, 5.74) is 0. The number of carbonyl (C=O) groups excluding carboxylic acids is 1. The molecule has 0 radical (unpaired) electrons. The molecule has 0 aromatic rings. The first-order valence-electron chi connectivity index (χ1n) is 13.3. The van der Waals surface area contributed by atoms with Crippen LogP contribution in [-0.2, 0) is 24.4 Å². The number of morpholine rings is 1. The maximum atomic E-state index is 12.2. The highest BCUT2D eigenvalue weighted by atomic mass is 32.2. The van der Waals surface area contributed by atoms with Crippen molar-refractivity contribution in [3.8, 4) is 0 Å². The van der Waals surface area contributed by atoms with Crippen molar-refractivity contribution in [2.75, 3.05) is 38.6 Å². The van der Waals surface area contributed by atoms with Gasteiger partial charge in [0.2, 0.25) is 0 Å². The van der Waals surface area contributed by atoms with Gasteiger partial charge in [-0.05, 0) is 6.42 Å². The maximum absolute atomic E-state index is 12.2. The molecule has 7 nitrogen and oxygen atoms in total. The van der Waals surface area contributed by atoms with Crippen LogP contribution in [0.2, 0.25) is 0 Å². The Morgan fingerprint density at radius 2 is 1.30 bits per heavy atom. The van der Waals surface area contributed by atoms with E-state index in [2.05, 4.69) is 6.92 Å². The van der Waals surface area contributed by atoms with Crippen molar-refractivity contribution in [1.82, 2.24) is 4.90 Å². The first-order valence-corrected chi connectivity index (χ1v) is 14.9. The standard InChI is InChI=1S/C25H49NO6S/c1-2-3-4-5-6-7-8-9-10-11-12-13-14-15-16-17-25(27)32-24(23-33(28,29)30)22-26-18-20-31-21-19-26/h24H,2-23H2,1H3,(H,28,29,30)/p-1. The van der Waals surface area contributed by atoms with Gasteiger partial charge in [-0.1, -0.05) is 96.8 Å². The zero-order chi connectivity index (χ0) is 24.2. The summed E-state index contributed by atoms with van der Waals surface area (Å²) in [5, 5.41) is 0. The SMILES string of the molecule is CCCCCCCCCCCCCCCCCC(=O)OC(CN1CCOCC1)CS(=O)(=O)[O-]. The van der Waals surface area contributed by atoms with Gasteiger partial charge in [-0.15, -0.1) is 0 Å². The summed E-state index contributed by atoms with van der Waals surface area (Å²) < 4.78 is 44.2. The van der Waals surface area contributed by atoms with Crippen LogP contribution in [0.5, 0.6) is 0 Å². The van der Waals surface area contributed by atoms with Crippen molar-refractivity contribution >= 4 is 16.1 Å². The van der Waals surface area contributed by atoms with E-state index in [9.17, 15) is 17.8 Å². The van der Waals surface area contributed by atoms with Crippen LogP contribution < -0.4 is 0 Å². The lowest BCUT2D eigenvalue weighted by Crippen LogP contribution is -2.44. The normalized spacial score (nSPS) is 16.1. The molecule has 33 heavy (non-hydrogen) atoms. The Morgan fingerprint density at radius 1 is 0.848 bits per heavy atom. The molecule has 1 atom stereocenters. The smallest absolute Gasteiger partial charge is 0.306 e. The summed E-state index contributed by atoms with van der Waals surface area (Å²) in [6.07, 6.45) is 18.2. The van der Waals surface area contributed by atoms with Crippen molar-refractivity contribution in [2.45, 2.75) is 116 Å². The van der Waals surface area contributed by atoms with Crippen LogP contribution >= 0.6 is 0 Å². The Labute approximate surface area is 202 Å². The van der Waals surface area contributed by atoms with E-state index in [1.165, 1.54) is 77.0 Å². The molecular weight excluding hydrogens is 442 g/mol. The van der Waals surface area contributed by atoms with Gasteiger partial charge in [0.05, 0.1) is 29.1 Å². The molecule has 0 spiro atoms. The number of hydrogen-bond donors (Lipinski definition) is 0. The van der Waals surface area contributed by atoms with Gasteiger partial charge in [0, 0.05) is 26.1 Å². The maximum Gasteiger partial charge on any atom is 0.306 e. The first-order chi connectivity index (χ1) is 15.9. The number of nitrogens with zero attached hydrogens (tertiary/aromatic N) is 1. The van der Waals surface area contributed by atoms with Gasteiger partial charge in [-0.2, -0.15) is 0 Å². The van der Waals surface area contributed by atoms with Gasteiger partial charge in [-0.3, -0.25) is 9.69 Å². The number of rotatable bonds is 21. The molecule has 8 heteroatoms. The molecule has 1 aliphatic heterocycles. The summed E-state index contributed by atoms with van der Waals surface area (Å²) >= 11 is 0. The fourth-order valence-electron chi connectivity index (χ4n) is 4.31. The van der Waals surface area contributed by atoms with Crippen molar-refractivity contribution in [2.24, 2.45) is 0 Å². The molecule has 0 amide bonds. The molecule has 1 unspecified atom stereocenters. The topological polar surface area (TPSA) is 96.0 Å². The van der Waals surface area contributed by atoms with E-state index in [0.717, 1.165) is 19.3 Å². The van der Waals surface area contributed by atoms with Crippen molar-refractivity contribution in [3.63, 3.8) is 0 Å². The fraction of sp³-hybridized carbons (Fsp3) is 0.960. The highest BCUT2D eigenvalue weighted by Gasteiger charge is 2.22. The van der Waals surface area contributed by atoms with Crippen LogP contribution in [0.25, 0.3) is 0 Å². The summed E-state index contributed by atoms with van der Waals surface area (Å²) in [6.45, 7) is 4.92. The number of hydrogen-bond acceptors (Lipinski definition) is 7. The highest BCUT2D eigenvalue weighted by Crippen LogP contribution is 2.14. The third kappa shape index (κ3) is 19.3. The van der Waals surface area contributed by atoms with Crippen LogP contribution in [0, 0.1) is 0 Å². The first kappa shape index (κ1) is 30.3. The Bertz CT molecular complexity index is 577. The average molecular weight is 491 g/mol. The van der Waals surface area contributed by atoms with Crippen molar-refractivity contribution in [3.05, 3.63) is 0 Å². The predicted molar refractivity (Wildman–Crippen MR) is 131 cm³/mol. The van der Waals surface area contributed by atoms with E-state index in [-0.39, 0.29) is 13.0 Å². The van der Waals surface area contributed by atoms with Gasteiger partial charge >= 0.3 is 5.97 Å². The lowest BCUT2D eigenvalue weighted by Gasteiger charge is -2.30. The molecule has 0 bridgehead atoms. The Kier molecular flexibility index (Phi) is 18.0. The fourth-order valence-corrected chi connectivity index (χ4v) is 4.94. The summed E-state index contributed by atoms with van der Waals surface area (Å²) in [4.78, 5) is 14.1. The molecule has 0 aromatic carbocycles. The van der Waals surface area contributed by atoms with Crippen LogP contribution in [0.4, 0.5) is 0 Å². The monoisotopic (exact) mass is 490 g/mol. The number of unbranched alkanes of at least 4 members (excludes halogenated alkanes) is 14. The molecule has 196 valence electrons. The third-order valence-corrected chi connectivity index (χ3v) is 7.02. The zero-order valence-corrected chi connectivity index (χ0v) is 21.8. The molecule has 1 rings (SSSR count). The summed E-state index contributed by atoms with van der Waals surface area (Å²) in [5.74, 6) is -1.08. The van der Waals surface area contributed by atoms with E-state index >= 15 is 0 Å². The molecule has 0 saturated carbocycles. The van der Waals surface area contributed by atoms with Crippen LogP contribution in [0.15, 0.2) is 0 Å². The highest BCUT2D eigenvalue weighted by molar-refractivity contribution is 7.85.